The molecule has 5 rings (SSSR count). The van der Waals surface area contributed by atoms with Crippen molar-refractivity contribution in [3.8, 4) is 11.5 Å². The van der Waals surface area contributed by atoms with Gasteiger partial charge in [0.05, 0.1) is 12.8 Å². The first-order valence-corrected chi connectivity index (χ1v) is 11.3. The number of aryl methyl sites for hydroxylation is 1. The van der Waals surface area contributed by atoms with Crippen LogP contribution in [0.25, 0.3) is 11.5 Å². The van der Waals surface area contributed by atoms with Crippen molar-refractivity contribution >= 4 is 29.1 Å². The van der Waals surface area contributed by atoms with Crippen LogP contribution in [0.4, 0.5) is 5.69 Å². The average molecular weight is 453 g/mol. The number of nitrogens with one attached hydrogen (secondary N) is 1. The van der Waals surface area contributed by atoms with E-state index in [0.29, 0.717) is 27.9 Å². The normalized spacial score (nSPS) is 21.1. The number of halogens is 1. The summed E-state index contributed by atoms with van der Waals surface area (Å²) in [4.78, 5) is 28.9. The smallest absolute Gasteiger partial charge is 0.277 e. The number of carbonyl (C=O) groups is 2. The van der Waals surface area contributed by atoms with E-state index in [-0.39, 0.29) is 24.4 Å². The van der Waals surface area contributed by atoms with Crippen molar-refractivity contribution in [2.45, 2.75) is 57.7 Å². The molecule has 1 aromatic carbocycles. The second-order valence-corrected chi connectivity index (χ2v) is 9.26. The van der Waals surface area contributed by atoms with Gasteiger partial charge in [0.15, 0.2) is 5.76 Å². The predicted octanol–water partition coefficient (Wildman–Crippen LogP) is 4.58. The van der Waals surface area contributed by atoms with Crippen molar-refractivity contribution in [2.24, 2.45) is 0 Å². The van der Waals surface area contributed by atoms with Crippen LogP contribution in [0.5, 0.6) is 0 Å². The summed E-state index contributed by atoms with van der Waals surface area (Å²) < 4.78 is 7.08. The molecule has 1 aliphatic heterocycles. The average Bonchev–Trinajstić information content (AvgIpc) is 3.51. The first-order chi connectivity index (χ1) is 15.4. The first-order valence-electron chi connectivity index (χ1n) is 10.9. The van der Waals surface area contributed by atoms with E-state index in [2.05, 4.69) is 10.4 Å². The number of aromatic nitrogens is 2. The van der Waals surface area contributed by atoms with Gasteiger partial charge in [0, 0.05) is 22.8 Å². The van der Waals surface area contributed by atoms with Crippen molar-refractivity contribution in [1.82, 2.24) is 15.1 Å². The molecule has 32 heavy (non-hydrogen) atoms. The Balaban J connectivity index is 1.59. The summed E-state index contributed by atoms with van der Waals surface area (Å²) in [5.41, 5.74) is 1.28. The zero-order chi connectivity index (χ0) is 22.5. The lowest BCUT2D eigenvalue weighted by atomic mass is 9.93. The Hall–Kier alpha value is -3.06. The Labute approximate surface area is 191 Å². The molecule has 0 bridgehead atoms. The summed E-state index contributed by atoms with van der Waals surface area (Å²) in [7, 11) is 0. The van der Waals surface area contributed by atoms with E-state index in [9.17, 15) is 9.59 Å². The molecule has 2 amide bonds. The second kappa shape index (κ2) is 7.81. The summed E-state index contributed by atoms with van der Waals surface area (Å²) in [6.45, 7) is 3.92. The number of benzene rings is 1. The van der Waals surface area contributed by atoms with E-state index in [1.807, 2.05) is 19.1 Å². The highest BCUT2D eigenvalue weighted by atomic mass is 35.5. The molecule has 3 aromatic rings. The molecule has 2 aromatic heterocycles. The van der Waals surface area contributed by atoms with Gasteiger partial charge < -0.3 is 9.73 Å². The number of nitrogens with zero attached hydrogens (tertiary/aromatic N) is 3. The molecule has 7 nitrogen and oxygen atoms in total. The lowest BCUT2D eigenvalue weighted by Crippen LogP contribution is -2.65. The maximum absolute atomic E-state index is 13.8. The maximum atomic E-state index is 13.8. The SMILES string of the molecule is Cc1ccc(N2C(=O)c3cc(-c4ccco4)nn3CC2(C)C(=O)NC2CCCC2)cc1Cl. The molecular formula is C24H25ClN4O3. The monoisotopic (exact) mass is 452 g/mol. The lowest BCUT2D eigenvalue weighted by molar-refractivity contribution is -0.127. The zero-order valence-corrected chi connectivity index (χ0v) is 18.9. The third-order valence-corrected chi connectivity index (χ3v) is 6.93. The summed E-state index contributed by atoms with van der Waals surface area (Å²) in [5, 5.41) is 8.30. The summed E-state index contributed by atoms with van der Waals surface area (Å²) in [5.74, 6) is 0.0856. The fraction of sp³-hybridized carbons (Fsp3) is 0.375. The van der Waals surface area contributed by atoms with Crippen molar-refractivity contribution in [2.75, 3.05) is 4.90 Å². The van der Waals surface area contributed by atoms with Crippen molar-refractivity contribution in [3.63, 3.8) is 0 Å². The molecule has 1 fully saturated rings. The molecule has 166 valence electrons. The fourth-order valence-electron chi connectivity index (χ4n) is 4.66. The van der Waals surface area contributed by atoms with E-state index < -0.39 is 5.54 Å². The van der Waals surface area contributed by atoms with Crippen LogP contribution in [0.15, 0.2) is 47.1 Å². The minimum atomic E-state index is -1.17. The Morgan fingerprint density at radius 3 is 2.72 bits per heavy atom. The van der Waals surface area contributed by atoms with Gasteiger partial charge in [-0.2, -0.15) is 5.10 Å². The molecule has 1 saturated carbocycles. The fourth-order valence-corrected chi connectivity index (χ4v) is 4.84. The van der Waals surface area contributed by atoms with Gasteiger partial charge in [0.25, 0.3) is 5.91 Å². The Kier molecular flexibility index (Phi) is 5.08. The number of furan rings is 1. The van der Waals surface area contributed by atoms with Crippen LogP contribution in [-0.2, 0) is 11.3 Å². The second-order valence-electron chi connectivity index (χ2n) is 8.85. The molecule has 8 heteroatoms. The molecule has 1 unspecified atom stereocenters. The highest BCUT2D eigenvalue weighted by Gasteiger charge is 2.49. The topological polar surface area (TPSA) is 80.4 Å². The van der Waals surface area contributed by atoms with Crippen LogP contribution < -0.4 is 10.2 Å². The largest absolute Gasteiger partial charge is 0.463 e. The number of amides is 2. The minimum Gasteiger partial charge on any atom is -0.463 e. The number of fused-ring (bicyclic) bond motifs is 1. The van der Waals surface area contributed by atoms with Crippen molar-refractivity contribution < 1.29 is 14.0 Å². The number of anilines is 1. The standard InChI is InChI=1S/C24H25ClN4O3/c1-15-9-10-17(12-18(15)25)29-22(30)20-13-19(21-8-5-11-32-21)27-28(20)14-24(29,2)23(31)26-16-6-3-4-7-16/h5,8-13,16H,3-4,6-7,14H2,1-2H3,(H,26,31). The van der Waals surface area contributed by atoms with Crippen LogP contribution >= 0.6 is 11.6 Å². The number of hydrogen-bond donors (Lipinski definition) is 1. The molecule has 1 atom stereocenters. The molecule has 3 heterocycles. The summed E-state index contributed by atoms with van der Waals surface area (Å²) in [6.07, 6.45) is 5.69. The van der Waals surface area contributed by atoms with E-state index >= 15 is 0 Å². The van der Waals surface area contributed by atoms with Gasteiger partial charge in [-0.3, -0.25) is 19.2 Å². The summed E-state index contributed by atoms with van der Waals surface area (Å²) >= 11 is 6.39. The van der Waals surface area contributed by atoms with E-state index in [1.54, 1.807) is 47.0 Å². The maximum Gasteiger partial charge on any atom is 0.277 e. The van der Waals surface area contributed by atoms with Gasteiger partial charge >= 0.3 is 0 Å². The third-order valence-electron chi connectivity index (χ3n) is 6.52. The Morgan fingerprint density at radius 2 is 2.03 bits per heavy atom. The van der Waals surface area contributed by atoms with Gasteiger partial charge in [-0.25, -0.2) is 0 Å². The van der Waals surface area contributed by atoms with E-state index in [1.165, 1.54) is 0 Å². The van der Waals surface area contributed by atoms with Gasteiger partial charge in [-0.1, -0.05) is 30.5 Å². The number of hydrogen-bond acceptors (Lipinski definition) is 4. The molecule has 2 aliphatic rings. The van der Waals surface area contributed by atoms with Gasteiger partial charge in [0.1, 0.15) is 16.9 Å². The Bertz CT molecular complexity index is 1180. The van der Waals surface area contributed by atoms with Gasteiger partial charge in [0.2, 0.25) is 5.91 Å². The highest BCUT2D eigenvalue weighted by Crippen LogP contribution is 2.36. The number of carbonyl (C=O) groups excluding carboxylic acids is 2. The lowest BCUT2D eigenvalue weighted by Gasteiger charge is -2.43. The third kappa shape index (κ3) is 3.41. The first kappa shape index (κ1) is 20.8. The molecular weight excluding hydrogens is 428 g/mol. The molecule has 0 saturated heterocycles. The molecule has 1 aliphatic carbocycles. The van der Waals surface area contributed by atoms with Gasteiger partial charge in [-0.15, -0.1) is 0 Å². The Morgan fingerprint density at radius 1 is 1.25 bits per heavy atom. The molecule has 1 N–H and O–H groups in total. The highest BCUT2D eigenvalue weighted by molar-refractivity contribution is 6.31. The van der Waals surface area contributed by atoms with Crippen LogP contribution in [0.1, 0.15) is 48.7 Å². The predicted molar refractivity (Wildman–Crippen MR) is 122 cm³/mol. The van der Waals surface area contributed by atoms with Crippen molar-refractivity contribution in [1.29, 1.82) is 0 Å². The molecule has 0 radical (unpaired) electrons. The van der Waals surface area contributed by atoms with Gasteiger partial charge in [-0.05, 0) is 56.5 Å². The minimum absolute atomic E-state index is 0.135. The van der Waals surface area contributed by atoms with E-state index in [4.69, 9.17) is 16.0 Å². The quantitative estimate of drug-likeness (QED) is 0.628. The van der Waals surface area contributed by atoms with E-state index in [0.717, 1.165) is 31.2 Å². The van der Waals surface area contributed by atoms with Crippen LogP contribution in [0.3, 0.4) is 0 Å². The van der Waals surface area contributed by atoms with Crippen molar-refractivity contribution in [3.05, 3.63) is 58.9 Å². The van der Waals surface area contributed by atoms with Crippen LogP contribution in [-0.4, -0.2) is 33.2 Å². The van der Waals surface area contributed by atoms with Crippen LogP contribution in [0.2, 0.25) is 5.02 Å². The summed E-state index contributed by atoms with van der Waals surface area (Å²) in [6, 6.07) is 10.8. The molecule has 0 spiro atoms. The zero-order valence-electron chi connectivity index (χ0n) is 18.1. The van der Waals surface area contributed by atoms with Crippen LogP contribution in [0, 0.1) is 6.92 Å². The number of rotatable bonds is 4.